The van der Waals surface area contributed by atoms with Crippen molar-refractivity contribution in [2.24, 2.45) is 0 Å². The van der Waals surface area contributed by atoms with E-state index in [0.717, 1.165) is 0 Å². The molecule has 0 bridgehead atoms. The van der Waals surface area contributed by atoms with Gasteiger partial charge in [0.05, 0.1) is 12.2 Å². The maximum absolute atomic E-state index is 12.8. The number of fused-ring (bicyclic) bond motifs is 1. The molecule has 136 valence electrons. The number of ether oxygens (including phenoxy) is 1. The van der Waals surface area contributed by atoms with Gasteiger partial charge in [0.25, 0.3) is 5.91 Å². The largest absolute Gasteiger partial charge is 0.492 e. The maximum atomic E-state index is 12.8. The molecule has 1 amide bonds. The summed E-state index contributed by atoms with van der Waals surface area (Å²) in [5.41, 5.74) is -1.02. The molecule has 0 radical (unpaired) electrons. The second kappa shape index (κ2) is 7.27. The number of carbonyl (C=O) groups excluding carboxylic acids is 2. The van der Waals surface area contributed by atoms with Gasteiger partial charge in [0.15, 0.2) is 5.60 Å². The van der Waals surface area contributed by atoms with Gasteiger partial charge in [0.2, 0.25) is 0 Å². The lowest BCUT2D eigenvalue weighted by Crippen LogP contribution is -2.43. The fourth-order valence-corrected chi connectivity index (χ4v) is 3.36. The number of nitrogens with zero attached hydrogens (tertiary/aromatic N) is 1. The Morgan fingerprint density at radius 2 is 1.81 bits per heavy atom. The van der Waals surface area contributed by atoms with Crippen molar-refractivity contribution >= 4 is 40.6 Å². The molecule has 0 saturated carbocycles. The van der Waals surface area contributed by atoms with Crippen LogP contribution in [0.1, 0.15) is 18.9 Å². The van der Waals surface area contributed by atoms with Gasteiger partial charge in [-0.3, -0.25) is 9.59 Å². The minimum absolute atomic E-state index is 0.214. The van der Waals surface area contributed by atoms with Crippen LogP contribution in [-0.2, 0) is 15.2 Å². The molecule has 1 aliphatic heterocycles. The van der Waals surface area contributed by atoms with E-state index in [0.29, 0.717) is 27.0 Å². The van der Waals surface area contributed by atoms with Crippen LogP contribution in [0, 0.1) is 0 Å². The van der Waals surface area contributed by atoms with Crippen LogP contribution in [0.2, 0.25) is 10.0 Å². The summed E-state index contributed by atoms with van der Waals surface area (Å²) in [6.07, 6.45) is -0.298. The fraction of sp³-hybridized carbons (Fsp3) is 0.263. The van der Waals surface area contributed by atoms with Gasteiger partial charge in [-0.2, -0.15) is 0 Å². The van der Waals surface area contributed by atoms with Crippen LogP contribution in [0.5, 0.6) is 5.75 Å². The molecule has 0 fully saturated rings. The lowest BCUT2D eigenvalue weighted by atomic mass is 9.90. The smallest absolute Gasteiger partial charge is 0.264 e. The molecule has 0 spiro atoms. The summed E-state index contributed by atoms with van der Waals surface area (Å²) in [6.45, 7) is 1.77. The first-order valence-electron chi connectivity index (χ1n) is 8.03. The van der Waals surface area contributed by atoms with Gasteiger partial charge in [0.1, 0.15) is 18.1 Å². The van der Waals surface area contributed by atoms with E-state index < -0.39 is 11.5 Å². The van der Waals surface area contributed by atoms with Crippen LogP contribution >= 0.6 is 23.2 Å². The maximum Gasteiger partial charge on any atom is 0.264 e. The van der Waals surface area contributed by atoms with Crippen LogP contribution in [-0.4, -0.2) is 29.9 Å². The molecule has 1 atom stereocenters. The molecule has 5 nitrogen and oxygen atoms in total. The Bertz CT molecular complexity index is 853. The van der Waals surface area contributed by atoms with Crippen molar-refractivity contribution in [3.63, 3.8) is 0 Å². The first kappa shape index (κ1) is 18.7. The van der Waals surface area contributed by atoms with Crippen LogP contribution < -0.4 is 9.64 Å². The predicted molar refractivity (Wildman–Crippen MR) is 99.9 cm³/mol. The molecule has 26 heavy (non-hydrogen) atoms. The number of rotatable bonds is 6. The summed E-state index contributed by atoms with van der Waals surface area (Å²) in [7, 11) is 0. The number of halogens is 2. The number of amides is 1. The number of anilines is 1. The molecule has 1 heterocycles. The van der Waals surface area contributed by atoms with Crippen molar-refractivity contribution in [1.29, 1.82) is 0 Å². The third kappa shape index (κ3) is 3.56. The Morgan fingerprint density at radius 3 is 2.46 bits per heavy atom. The van der Waals surface area contributed by atoms with Crippen LogP contribution in [0.25, 0.3) is 0 Å². The van der Waals surface area contributed by atoms with Gasteiger partial charge in [0, 0.05) is 22.0 Å². The van der Waals surface area contributed by atoms with Crippen molar-refractivity contribution in [2.45, 2.75) is 18.9 Å². The molecule has 0 aromatic heterocycles. The van der Waals surface area contributed by atoms with Crippen molar-refractivity contribution in [1.82, 2.24) is 0 Å². The number of aliphatic hydroxyl groups is 1. The zero-order chi connectivity index (χ0) is 18.9. The highest BCUT2D eigenvalue weighted by Gasteiger charge is 2.50. The second-order valence-corrected chi connectivity index (χ2v) is 7.03. The molecule has 2 aromatic rings. The standard InChI is InChI=1S/C19H17Cl2NO4/c1-12(23)11-19(25)16-10-14(21)4-7-17(16)22(18(19)24)8-9-26-15-5-2-13(20)3-6-15/h2-7,10,25H,8-9,11H2,1H3. The third-order valence-corrected chi connectivity index (χ3v) is 4.68. The Kier molecular flexibility index (Phi) is 5.23. The zero-order valence-electron chi connectivity index (χ0n) is 14.0. The van der Waals surface area contributed by atoms with Gasteiger partial charge >= 0.3 is 0 Å². The number of ketones is 1. The van der Waals surface area contributed by atoms with Crippen LogP contribution in [0.4, 0.5) is 5.69 Å². The molecule has 1 N–H and O–H groups in total. The van der Waals surface area contributed by atoms with Gasteiger partial charge < -0.3 is 14.7 Å². The molecule has 7 heteroatoms. The summed E-state index contributed by atoms with van der Waals surface area (Å²) in [5.74, 6) is -0.216. The van der Waals surface area contributed by atoms with E-state index in [1.165, 1.54) is 17.9 Å². The molecule has 0 aliphatic carbocycles. The Hall–Kier alpha value is -2.08. The van der Waals surface area contributed by atoms with Crippen molar-refractivity contribution in [2.75, 3.05) is 18.1 Å². The minimum Gasteiger partial charge on any atom is -0.492 e. The Balaban J connectivity index is 1.80. The van der Waals surface area contributed by atoms with E-state index in [2.05, 4.69) is 0 Å². The number of benzene rings is 2. The first-order chi connectivity index (χ1) is 12.3. The van der Waals surface area contributed by atoms with E-state index in [4.69, 9.17) is 27.9 Å². The fourth-order valence-electron chi connectivity index (χ4n) is 3.06. The Labute approximate surface area is 161 Å². The molecular weight excluding hydrogens is 377 g/mol. The highest BCUT2D eigenvalue weighted by molar-refractivity contribution is 6.31. The number of hydrogen-bond donors (Lipinski definition) is 1. The zero-order valence-corrected chi connectivity index (χ0v) is 15.5. The van der Waals surface area contributed by atoms with Gasteiger partial charge in [-0.1, -0.05) is 23.2 Å². The van der Waals surface area contributed by atoms with E-state index in [-0.39, 0.29) is 25.4 Å². The molecule has 0 saturated heterocycles. The highest BCUT2D eigenvalue weighted by atomic mass is 35.5. The summed E-state index contributed by atoms with van der Waals surface area (Å²) in [5, 5.41) is 11.9. The summed E-state index contributed by atoms with van der Waals surface area (Å²) >= 11 is 11.9. The Morgan fingerprint density at radius 1 is 1.15 bits per heavy atom. The topological polar surface area (TPSA) is 66.8 Å². The lowest BCUT2D eigenvalue weighted by molar-refractivity contribution is -0.141. The van der Waals surface area contributed by atoms with Crippen molar-refractivity contribution in [3.8, 4) is 5.75 Å². The highest BCUT2D eigenvalue weighted by Crippen LogP contribution is 2.43. The van der Waals surface area contributed by atoms with Crippen LogP contribution in [0.15, 0.2) is 42.5 Å². The van der Waals surface area contributed by atoms with Crippen molar-refractivity contribution < 1.29 is 19.4 Å². The molecule has 3 rings (SSSR count). The van der Waals surface area contributed by atoms with E-state index in [9.17, 15) is 14.7 Å². The normalized spacial score (nSPS) is 18.8. The molecule has 2 aromatic carbocycles. The SMILES string of the molecule is CC(=O)CC1(O)C(=O)N(CCOc2ccc(Cl)cc2)c2ccc(Cl)cc21. The second-order valence-electron chi connectivity index (χ2n) is 6.16. The molecule has 1 aliphatic rings. The predicted octanol–water partition coefficient (Wildman–Crippen LogP) is 3.59. The van der Waals surface area contributed by atoms with Gasteiger partial charge in [-0.15, -0.1) is 0 Å². The monoisotopic (exact) mass is 393 g/mol. The number of Topliss-reactive ketones (excluding diaryl/α,β-unsaturated/α-hetero) is 1. The number of hydrogen-bond acceptors (Lipinski definition) is 4. The van der Waals surface area contributed by atoms with Gasteiger partial charge in [-0.25, -0.2) is 0 Å². The number of carbonyl (C=O) groups is 2. The van der Waals surface area contributed by atoms with Gasteiger partial charge in [-0.05, 0) is 49.4 Å². The average Bonchev–Trinajstić information content (AvgIpc) is 2.77. The quantitative estimate of drug-likeness (QED) is 0.814. The minimum atomic E-state index is -1.90. The summed E-state index contributed by atoms with van der Waals surface area (Å²) < 4.78 is 5.63. The lowest BCUT2D eigenvalue weighted by Gasteiger charge is -2.22. The van der Waals surface area contributed by atoms with E-state index in [1.807, 2.05) is 0 Å². The van der Waals surface area contributed by atoms with E-state index >= 15 is 0 Å². The van der Waals surface area contributed by atoms with Crippen LogP contribution in [0.3, 0.4) is 0 Å². The molecular formula is C19H17Cl2NO4. The summed E-state index contributed by atoms with van der Waals surface area (Å²) in [4.78, 5) is 25.8. The summed E-state index contributed by atoms with van der Waals surface area (Å²) in [6, 6.07) is 11.7. The average molecular weight is 394 g/mol. The van der Waals surface area contributed by atoms with Crippen molar-refractivity contribution in [3.05, 3.63) is 58.1 Å². The van der Waals surface area contributed by atoms with E-state index in [1.54, 1.807) is 36.4 Å². The third-order valence-electron chi connectivity index (χ3n) is 4.20. The molecule has 1 unspecified atom stereocenters. The first-order valence-corrected chi connectivity index (χ1v) is 8.79.